The second kappa shape index (κ2) is 7.48. The summed E-state index contributed by atoms with van der Waals surface area (Å²) in [6.45, 7) is 4.14. The molecular formula is C14H17FO3. The number of aromatic carboxylic acids is 1. The van der Waals surface area contributed by atoms with E-state index in [4.69, 9.17) is 9.84 Å². The zero-order chi connectivity index (χ0) is 13.4. The van der Waals surface area contributed by atoms with Gasteiger partial charge in [-0.15, -0.1) is 6.58 Å². The van der Waals surface area contributed by atoms with Crippen LogP contribution in [0.3, 0.4) is 0 Å². The van der Waals surface area contributed by atoms with Gasteiger partial charge in [0.1, 0.15) is 11.6 Å². The standard InChI is InChI=1S/C14H17FO3/c1-2-3-4-5-6-9-18-11-7-8-12(14(16)17)13(15)10-11/h2,7-8,10H,1,3-6,9H2,(H,16,17). The molecule has 0 aliphatic heterocycles. The fraction of sp³-hybridized carbons (Fsp3) is 0.357. The molecule has 0 saturated heterocycles. The molecule has 0 aliphatic carbocycles. The normalized spacial score (nSPS) is 10.1. The maximum absolute atomic E-state index is 13.3. The maximum Gasteiger partial charge on any atom is 0.338 e. The van der Waals surface area contributed by atoms with Gasteiger partial charge in [0.05, 0.1) is 12.2 Å². The average Bonchev–Trinajstić information content (AvgIpc) is 2.33. The van der Waals surface area contributed by atoms with Gasteiger partial charge in [0.2, 0.25) is 0 Å². The first-order valence-corrected chi connectivity index (χ1v) is 5.91. The minimum atomic E-state index is -1.27. The van der Waals surface area contributed by atoms with E-state index in [1.54, 1.807) is 0 Å². The topological polar surface area (TPSA) is 46.5 Å². The molecule has 0 fully saturated rings. The molecule has 0 aromatic heterocycles. The second-order valence-electron chi connectivity index (χ2n) is 3.93. The van der Waals surface area contributed by atoms with Gasteiger partial charge < -0.3 is 9.84 Å². The number of rotatable bonds is 8. The van der Waals surface area contributed by atoms with E-state index in [2.05, 4.69) is 6.58 Å². The quantitative estimate of drug-likeness (QED) is 0.567. The van der Waals surface area contributed by atoms with Gasteiger partial charge in [0.15, 0.2) is 0 Å². The van der Waals surface area contributed by atoms with Crippen molar-refractivity contribution in [3.05, 3.63) is 42.2 Å². The lowest BCUT2D eigenvalue weighted by molar-refractivity contribution is 0.0692. The molecule has 0 atom stereocenters. The van der Waals surface area contributed by atoms with Crippen LogP contribution >= 0.6 is 0 Å². The Morgan fingerprint density at radius 2 is 2.17 bits per heavy atom. The average molecular weight is 252 g/mol. The zero-order valence-electron chi connectivity index (χ0n) is 10.2. The molecule has 0 spiro atoms. The largest absolute Gasteiger partial charge is 0.493 e. The molecule has 0 radical (unpaired) electrons. The van der Waals surface area contributed by atoms with Crippen molar-refractivity contribution in [2.45, 2.75) is 25.7 Å². The fourth-order valence-electron chi connectivity index (χ4n) is 1.52. The minimum Gasteiger partial charge on any atom is -0.493 e. The highest BCUT2D eigenvalue weighted by Gasteiger charge is 2.10. The van der Waals surface area contributed by atoms with Gasteiger partial charge in [-0.05, 0) is 37.8 Å². The van der Waals surface area contributed by atoms with E-state index in [0.717, 1.165) is 31.7 Å². The summed E-state index contributed by atoms with van der Waals surface area (Å²) in [5.41, 5.74) is -0.340. The smallest absolute Gasteiger partial charge is 0.338 e. The lowest BCUT2D eigenvalue weighted by Gasteiger charge is -2.06. The van der Waals surface area contributed by atoms with Crippen molar-refractivity contribution >= 4 is 5.97 Å². The third kappa shape index (κ3) is 4.57. The number of hydrogen-bond donors (Lipinski definition) is 1. The van der Waals surface area contributed by atoms with E-state index in [0.29, 0.717) is 12.4 Å². The van der Waals surface area contributed by atoms with Gasteiger partial charge in [-0.1, -0.05) is 6.08 Å². The summed E-state index contributed by atoms with van der Waals surface area (Å²) < 4.78 is 18.6. The molecule has 98 valence electrons. The molecule has 0 bridgehead atoms. The predicted molar refractivity (Wildman–Crippen MR) is 67.5 cm³/mol. The predicted octanol–water partition coefficient (Wildman–Crippen LogP) is 3.65. The molecule has 0 amide bonds. The summed E-state index contributed by atoms with van der Waals surface area (Å²) in [5.74, 6) is -1.68. The number of halogens is 1. The van der Waals surface area contributed by atoms with Crippen LogP contribution in [-0.2, 0) is 0 Å². The molecule has 18 heavy (non-hydrogen) atoms. The summed E-state index contributed by atoms with van der Waals surface area (Å²) in [6.07, 6.45) is 5.85. The first kappa shape index (κ1) is 14.2. The van der Waals surface area contributed by atoms with Crippen molar-refractivity contribution in [1.82, 2.24) is 0 Å². The van der Waals surface area contributed by atoms with Crippen LogP contribution < -0.4 is 4.74 Å². The van der Waals surface area contributed by atoms with Crippen LogP contribution in [0.4, 0.5) is 4.39 Å². The lowest BCUT2D eigenvalue weighted by atomic mass is 10.2. The lowest BCUT2D eigenvalue weighted by Crippen LogP contribution is -2.02. The third-order valence-electron chi connectivity index (χ3n) is 2.49. The van der Waals surface area contributed by atoms with Gasteiger partial charge in [-0.2, -0.15) is 0 Å². The van der Waals surface area contributed by atoms with Crippen molar-refractivity contribution < 1.29 is 19.0 Å². The molecule has 0 unspecified atom stereocenters. The Bertz CT molecular complexity index is 416. The maximum atomic E-state index is 13.3. The summed E-state index contributed by atoms with van der Waals surface area (Å²) in [6, 6.07) is 3.79. The molecular weight excluding hydrogens is 235 g/mol. The summed E-state index contributed by atoms with van der Waals surface area (Å²) in [5, 5.41) is 8.66. The highest BCUT2D eigenvalue weighted by Crippen LogP contribution is 2.17. The van der Waals surface area contributed by atoms with Crippen molar-refractivity contribution in [1.29, 1.82) is 0 Å². The van der Waals surface area contributed by atoms with Crippen LogP contribution in [0.1, 0.15) is 36.0 Å². The summed E-state index contributed by atoms with van der Waals surface area (Å²) in [4.78, 5) is 10.6. The fourth-order valence-corrected chi connectivity index (χ4v) is 1.52. The van der Waals surface area contributed by atoms with E-state index in [-0.39, 0.29) is 5.56 Å². The van der Waals surface area contributed by atoms with Gasteiger partial charge in [0, 0.05) is 6.07 Å². The number of ether oxygens (including phenoxy) is 1. The van der Waals surface area contributed by atoms with Gasteiger partial charge in [0.25, 0.3) is 0 Å². The van der Waals surface area contributed by atoms with Crippen LogP contribution in [0.15, 0.2) is 30.9 Å². The summed E-state index contributed by atoms with van der Waals surface area (Å²) in [7, 11) is 0. The molecule has 3 nitrogen and oxygen atoms in total. The van der Waals surface area contributed by atoms with E-state index in [1.165, 1.54) is 12.1 Å². The molecule has 1 aromatic rings. The Morgan fingerprint density at radius 1 is 1.39 bits per heavy atom. The van der Waals surface area contributed by atoms with Gasteiger partial charge >= 0.3 is 5.97 Å². The van der Waals surface area contributed by atoms with E-state index in [1.807, 2.05) is 6.08 Å². The number of allylic oxidation sites excluding steroid dienone is 1. The van der Waals surface area contributed by atoms with Gasteiger partial charge in [-0.25, -0.2) is 9.18 Å². The van der Waals surface area contributed by atoms with Gasteiger partial charge in [-0.3, -0.25) is 0 Å². The SMILES string of the molecule is C=CCCCCCOc1ccc(C(=O)O)c(F)c1. The Balaban J connectivity index is 2.37. The number of unbranched alkanes of at least 4 members (excludes halogenated alkanes) is 3. The van der Waals surface area contributed by atoms with Crippen molar-refractivity contribution in [2.24, 2.45) is 0 Å². The first-order chi connectivity index (χ1) is 8.65. The monoisotopic (exact) mass is 252 g/mol. The number of hydrogen-bond acceptors (Lipinski definition) is 2. The van der Waals surface area contributed by atoms with Crippen LogP contribution in [0.5, 0.6) is 5.75 Å². The van der Waals surface area contributed by atoms with Crippen LogP contribution in [0.25, 0.3) is 0 Å². The zero-order valence-corrected chi connectivity index (χ0v) is 10.2. The Hall–Kier alpha value is -1.84. The number of carboxylic acid groups (broad SMARTS) is 1. The minimum absolute atomic E-state index is 0.340. The Morgan fingerprint density at radius 3 is 2.78 bits per heavy atom. The third-order valence-corrected chi connectivity index (χ3v) is 2.49. The first-order valence-electron chi connectivity index (χ1n) is 5.91. The highest BCUT2D eigenvalue weighted by atomic mass is 19.1. The molecule has 0 saturated carbocycles. The Kier molecular flexibility index (Phi) is 5.91. The molecule has 0 heterocycles. The van der Waals surface area contributed by atoms with Crippen molar-refractivity contribution in [2.75, 3.05) is 6.61 Å². The van der Waals surface area contributed by atoms with Crippen LogP contribution in [0.2, 0.25) is 0 Å². The van der Waals surface area contributed by atoms with Crippen LogP contribution in [0, 0.1) is 5.82 Å². The molecule has 1 aromatic carbocycles. The summed E-state index contributed by atoms with van der Waals surface area (Å²) >= 11 is 0. The van der Waals surface area contributed by atoms with Crippen molar-refractivity contribution in [3.63, 3.8) is 0 Å². The van der Waals surface area contributed by atoms with Crippen LogP contribution in [-0.4, -0.2) is 17.7 Å². The van der Waals surface area contributed by atoms with E-state index in [9.17, 15) is 9.18 Å². The molecule has 1 rings (SSSR count). The van der Waals surface area contributed by atoms with E-state index < -0.39 is 11.8 Å². The molecule has 0 aliphatic rings. The number of carbonyl (C=O) groups is 1. The number of benzene rings is 1. The Labute approximate surface area is 106 Å². The highest BCUT2D eigenvalue weighted by molar-refractivity contribution is 5.88. The molecule has 4 heteroatoms. The number of carboxylic acids is 1. The second-order valence-corrected chi connectivity index (χ2v) is 3.93. The van der Waals surface area contributed by atoms with Crippen molar-refractivity contribution in [3.8, 4) is 5.75 Å². The van der Waals surface area contributed by atoms with E-state index >= 15 is 0 Å². The molecule has 1 N–H and O–H groups in total.